The van der Waals surface area contributed by atoms with E-state index in [1.807, 2.05) is 0 Å². The molecular formula is C19H17FN4O2. The molecule has 6 nitrogen and oxygen atoms in total. The molecule has 1 aliphatic heterocycles. The van der Waals surface area contributed by atoms with Crippen molar-refractivity contribution in [2.24, 2.45) is 5.92 Å². The van der Waals surface area contributed by atoms with E-state index < -0.39 is 17.8 Å². The minimum Gasteiger partial charge on any atom is -0.343 e. The van der Waals surface area contributed by atoms with E-state index in [2.05, 4.69) is 16.4 Å². The van der Waals surface area contributed by atoms with Crippen LogP contribution in [0.4, 0.5) is 4.39 Å². The van der Waals surface area contributed by atoms with Gasteiger partial charge in [-0.15, -0.1) is 0 Å². The fourth-order valence-electron chi connectivity index (χ4n) is 3.79. The molecule has 7 heteroatoms. The van der Waals surface area contributed by atoms with Crippen LogP contribution in [0.2, 0.25) is 0 Å². The van der Waals surface area contributed by atoms with Gasteiger partial charge in [0.1, 0.15) is 11.9 Å². The summed E-state index contributed by atoms with van der Waals surface area (Å²) in [6.45, 7) is 1.57. The largest absolute Gasteiger partial charge is 0.343 e. The molecule has 1 aromatic heterocycles. The van der Waals surface area contributed by atoms with Gasteiger partial charge in [0.25, 0.3) is 5.91 Å². The Balaban J connectivity index is 1.52. The number of likely N-dealkylation sites (tertiary alicyclic amines) is 1. The number of aryl methyl sites for hydroxylation is 1. The standard InChI is InChI=1S/C19H17FN4O2/c1-10-4-15(14-7-12(20)2-3-16(14)23-10)19(26)22-9-18(25)24-13(8-21)5-11-6-17(11)24/h2-4,7,11,13,17H,5-6,9H2,1H3,(H,22,26)/t11-,13+,17+/m1/s1. The minimum absolute atomic E-state index is 0.141. The van der Waals surface area contributed by atoms with Gasteiger partial charge >= 0.3 is 0 Å². The van der Waals surface area contributed by atoms with E-state index in [0.717, 1.165) is 6.42 Å². The molecule has 2 aliphatic rings. The van der Waals surface area contributed by atoms with E-state index in [4.69, 9.17) is 0 Å². The fourth-order valence-corrected chi connectivity index (χ4v) is 3.79. The monoisotopic (exact) mass is 352 g/mol. The van der Waals surface area contributed by atoms with Crippen molar-refractivity contribution in [3.63, 3.8) is 0 Å². The molecule has 1 saturated heterocycles. The van der Waals surface area contributed by atoms with Crippen LogP contribution in [0, 0.1) is 30.0 Å². The summed E-state index contributed by atoms with van der Waals surface area (Å²) in [6, 6.07) is 7.55. The van der Waals surface area contributed by atoms with E-state index in [-0.39, 0.29) is 24.1 Å². The van der Waals surface area contributed by atoms with Crippen molar-refractivity contribution >= 4 is 22.7 Å². The third kappa shape index (κ3) is 2.77. The van der Waals surface area contributed by atoms with Gasteiger partial charge in [0, 0.05) is 17.1 Å². The molecule has 0 bridgehead atoms. The second-order valence-corrected chi connectivity index (χ2v) is 6.90. The van der Waals surface area contributed by atoms with E-state index in [9.17, 15) is 19.2 Å². The van der Waals surface area contributed by atoms with Crippen molar-refractivity contribution in [2.45, 2.75) is 31.8 Å². The van der Waals surface area contributed by atoms with E-state index in [0.29, 0.717) is 28.9 Å². The predicted octanol–water partition coefficient (Wildman–Crippen LogP) is 1.93. The molecule has 3 atom stereocenters. The van der Waals surface area contributed by atoms with Gasteiger partial charge in [-0.2, -0.15) is 5.26 Å². The van der Waals surface area contributed by atoms with Gasteiger partial charge in [-0.1, -0.05) is 0 Å². The zero-order chi connectivity index (χ0) is 18.4. The Morgan fingerprint density at radius 3 is 2.96 bits per heavy atom. The Kier molecular flexibility index (Phi) is 3.83. The summed E-state index contributed by atoms with van der Waals surface area (Å²) in [4.78, 5) is 30.9. The third-order valence-electron chi connectivity index (χ3n) is 5.08. The van der Waals surface area contributed by atoms with Crippen molar-refractivity contribution in [2.75, 3.05) is 6.54 Å². The molecule has 2 amide bonds. The normalized spacial score (nSPS) is 23.4. The first-order valence-corrected chi connectivity index (χ1v) is 8.54. The Morgan fingerprint density at radius 2 is 2.19 bits per heavy atom. The van der Waals surface area contributed by atoms with Gasteiger partial charge in [0.2, 0.25) is 5.91 Å². The summed E-state index contributed by atoms with van der Waals surface area (Å²) >= 11 is 0. The Bertz CT molecular complexity index is 968. The lowest BCUT2D eigenvalue weighted by molar-refractivity contribution is -0.131. The molecule has 2 heterocycles. The van der Waals surface area contributed by atoms with Crippen LogP contribution >= 0.6 is 0 Å². The summed E-state index contributed by atoms with van der Waals surface area (Å²) in [6.07, 6.45) is 1.65. The van der Waals surface area contributed by atoms with Gasteiger partial charge in [-0.05, 0) is 49.9 Å². The fraction of sp³-hybridized carbons (Fsp3) is 0.368. The number of amides is 2. The summed E-state index contributed by atoms with van der Waals surface area (Å²) in [5.41, 5.74) is 1.43. The molecule has 26 heavy (non-hydrogen) atoms. The highest BCUT2D eigenvalue weighted by Gasteiger charge is 2.53. The third-order valence-corrected chi connectivity index (χ3v) is 5.08. The van der Waals surface area contributed by atoms with Crippen molar-refractivity contribution in [3.05, 3.63) is 41.3 Å². The van der Waals surface area contributed by atoms with Crippen LogP contribution in [-0.2, 0) is 4.79 Å². The number of fused-ring (bicyclic) bond motifs is 2. The molecule has 4 rings (SSSR count). The summed E-state index contributed by atoms with van der Waals surface area (Å²) in [5, 5.41) is 12.2. The Morgan fingerprint density at radius 1 is 1.38 bits per heavy atom. The zero-order valence-corrected chi connectivity index (χ0v) is 14.2. The van der Waals surface area contributed by atoms with Crippen LogP contribution in [0.1, 0.15) is 28.9 Å². The maximum absolute atomic E-state index is 13.6. The first kappa shape index (κ1) is 16.5. The van der Waals surface area contributed by atoms with Crippen LogP contribution < -0.4 is 5.32 Å². The number of aromatic nitrogens is 1. The van der Waals surface area contributed by atoms with Crippen LogP contribution in [0.5, 0.6) is 0 Å². The molecule has 2 aromatic rings. The first-order chi connectivity index (χ1) is 12.5. The molecule has 0 spiro atoms. The summed E-state index contributed by atoms with van der Waals surface area (Å²) < 4.78 is 13.6. The van der Waals surface area contributed by atoms with Gasteiger partial charge in [-0.25, -0.2) is 4.39 Å². The summed E-state index contributed by atoms with van der Waals surface area (Å²) in [5.74, 6) is -0.744. The van der Waals surface area contributed by atoms with Crippen LogP contribution in [0.25, 0.3) is 10.9 Å². The number of carbonyl (C=O) groups excluding carboxylic acids is 2. The predicted molar refractivity (Wildman–Crippen MR) is 91.5 cm³/mol. The second kappa shape index (κ2) is 6.06. The van der Waals surface area contributed by atoms with Crippen LogP contribution in [0.3, 0.4) is 0 Å². The number of carbonyl (C=O) groups is 2. The number of hydrogen-bond donors (Lipinski definition) is 1. The minimum atomic E-state index is -0.459. The van der Waals surface area contributed by atoms with Gasteiger partial charge in [0.05, 0.1) is 23.7 Å². The van der Waals surface area contributed by atoms with E-state index in [1.165, 1.54) is 18.2 Å². The van der Waals surface area contributed by atoms with E-state index in [1.54, 1.807) is 17.9 Å². The molecule has 1 aromatic carbocycles. The maximum Gasteiger partial charge on any atom is 0.252 e. The van der Waals surface area contributed by atoms with Crippen molar-refractivity contribution in [3.8, 4) is 6.07 Å². The molecule has 2 fully saturated rings. The number of hydrogen-bond acceptors (Lipinski definition) is 4. The van der Waals surface area contributed by atoms with Gasteiger partial charge in [0.15, 0.2) is 0 Å². The Hall–Kier alpha value is -3.01. The molecule has 0 unspecified atom stereocenters. The average molecular weight is 352 g/mol. The topological polar surface area (TPSA) is 86.1 Å². The number of nitriles is 1. The number of rotatable bonds is 3. The highest BCUT2D eigenvalue weighted by atomic mass is 19.1. The van der Waals surface area contributed by atoms with Crippen molar-refractivity contribution in [1.82, 2.24) is 15.2 Å². The van der Waals surface area contributed by atoms with E-state index >= 15 is 0 Å². The molecule has 1 aliphatic carbocycles. The number of benzene rings is 1. The molecule has 0 radical (unpaired) electrons. The smallest absolute Gasteiger partial charge is 0.252 e. The number of pyridine rings is 1. The van der Waals surface area contributed by atoms with Crippen molar-refractivity contribution < 1.29 is 14.0 Å². The van der Waals surface area contributed by atoms with Crippen molar-refractivity contribution in [1.29, 1.82) is 5.26 Å². The maximum atomic E-state index is 13.6. The lowest BCUT2D eigenvalue weighted by Gasteiger charge is -2.22. The molecular weight excluding hydrogens is 335 g/mol. The molecule has 1 N–H and O–H groups in total. The number of nitrogens with one attached hydrogen (secondary N) is 1. The van der Waals surface area contributed by atoms with Crippen LogP contribution in [-0.4, -0.2) is 40.3 Å². The second-order valence-electron chi connectivity index (χ2n) is 6.90. The average Bonchev–Trinajstić information content (AvgIpc) is 3.28. The van der Waals surface area contributed by atoms with Gasteiger partial charge in [-0.3, -0.25) is 14.6 Å². The first-order valence-electron chi connectivity index (χ1n) is 8.54. The van der Waals surface area contributed by atoms with Crippen LogP contribution in [0.15, 0.2) is 24.3 Å². The summed E-state index contributed by atoms with van der Waals surface area (Å²) in [7, 11) is 0. The number of nitrogens with zero attached hydrogens (tertiary/aromatic N) is 3. The lowest BCUT2D eigenvalue weighted by atomic mass is 10.1. The molecule has 132 valence electrons. The lowest BCUT2D eigenvalue weighted by Crippen LogP contribution is -2.44. The highest BCUT2D eigenvalue weighted by molar-refractivity contribution is 6.07. The quantitative estimate of drug-likeness (QED) is 0.914. The molecule has 1 saturated carbocycles. The number of piperidine rings is 1. The highest BCUT2D eigenvalue weighted by Crippen LogP contribution is 2.47. The zero-order valence-electron chi connectivity index (χ0n) is 14.2. The Labute approximate surface area is 149 Å². The number of halogens is 1. The SMILES string of the molecule is Cc1cc(C(=O)NCC(=O)N2[C@H](C#N)C[C@@H]3C[C@@H]32)c2cc(F)ccc2n1. The van der Waals surface area contributed by atoms with Gasteiger partial charge < -0.3 is 10.2 Å².